The van der Waals surface area contributed by atoms with Crippen molar-refractivity contribution in [3.05, 3.63) is 0 Å². The second-order valence-corrected chi connectivity index (χ2v) is 7.20. The molecule has 3 unspecified atom stereocenters. The van der Waals surface area contributed by atoms with Gasteiger partial charge in [0.25, 0.3) is 0 Å². The third-order valence-corrected chi connectivity index (χ3v) is 5.41. The van der Waals surface area contributed by atoms with Gasteiger partial charge in [-0.3, -0.25) is 10.1 Å². The van der Waals surface area contributed by atoms with Gasteiger partial charge in [0.15, 0.2) is 0 Å². The maximum absolute atomic E-state index is 12.4. The number of nitrogens with one attached hydrogen (secondary N) is 1. The zero-order chi connectivity index (χ0) is 13.1. The van der Waals surface area contributed by atoms with E-state index in [1.54, 1.807) is 0 Å². The number of thioether (sulfide) groups is 1. The van der Waals surface area contributed by atoms with Crippen molar-refractivity contribution < 1.29 is 4.79 Å². The van der Waals surface area contributed by atoms with Crippen LogP contribution in [-0.4, -0.2) is 40.6 Å². The van der Waals surface area contributed by atoms with Crippen molar-refractivity contribution in [2.45, 2.75) is 63.9 Å². The molecule has 2 aliphatic rings. The average molecular weight is 270 g/mol. The number of carbonyl (C=O) groups excluding carboxylic acids is 1. The van der Waals surface area contributed by atoms with Crippen molar-refractivity contribution in [3.63, 3.8) is 0 Å². The molecule has 18 heavy (non-hydrogen) atoms. The van der Waals surface area contributed by atoms with Crippen molar-refractivity contribution in [3.8, 4) is 0 Å². The molecule has 3 nitrogen and oxygen atoms in total. The zero-order valence-electron chi connectivity index (χ0n) is 11.8. The molecule has 2 saturated heterocycles. The molecular weight excluding hydrogens is 244 g/mol. The lowest BCUT2D eigenvalue weighted by atomic mass is 10.0. The standard InChI is InChI=1S/C14H26N2OS/c1-4-12-15-13(10(2)3)14(17)16(12)9-11-7-5-6-8-18-11/h10-13,15H,4-9H2,1-3H3. The molecule has 0 aliphatic carbocycles. The molecule has 0 aromatic carbocycles. The van der Waals surface area contributed by atoms with Crippen LogP contribution in [0.3, 0.4) is 0 Å². The fourth-order valence-corrected chi connectivity index (χ4v) is 4.21. The van der Waals surface area contributed by atoms with Gasteiger partial charge in [-0.1, -0.05) is 27.2 Å². The summed E-state index contributed by atoms with van der Waals surface area (Å²) in [7, 11) is 0. The third kappa shape index (κ3) is 3.02. The Morgan fingerprint density at radius 3 is 2.78 bits per heavy atom. The summed E-state index contributed by atoms with van der Waals surface area (Å²) in [5.74, 6) is 1.98. The van der Waals surface area contributed by atoms with Gasteiger partial charge in [-0.25, -0.2) is 0 Å². The largest absolute Gasteiger partial charge is 0.325 e. The highest BCUT2D eigenvalue weighted by Crippen LogP contribution is 2.28. The van der Waals surface area contributed by atoms with E-state index in [1.807, 2.05) is 0 Å². The van der Waals surface area contributed by atoms with Gasteiger partial charge in [0, 0.05) is 11.8 Å². The van der Waals surface area contributed by atoms with Crippen molar-refractivity contribution in [1.82, 2.24) is 10.2 Å². The van der Waals surface area contributed by atoms with E-state index in [2.05, 4.69) is 42.7 Å². The molecule has 2 fully saturated rings. The highest BCUT2D eigenvalue weighted by Gasteiger charge is 2.40. The van der Waals surface area contributed by atoms with Crippen LogP contribution in [0.2, 0.25) is 0 Å². The summed E-state index contributed by atoms with van der Waals surface area (Å²) in [6.07, 6.45) is 5.22. The van der Waals surface area contributed by atoms with Crippen LogP contribution < -0.4 is 5.32 Å². The molecule has 2 rings (SSSR count). The molecule has 104 valence electrons. The third-order valence-electron chi connectivity index (χ3n) is 4.02. The molecular formula is C14H26N2OS. The molecule has 2 heterocycles. The Bertz CT molecular complexity index is 290. The second kappa shape index (κ2) is 6.29. The quantitative estimate of drug-likeness (QED) is 0.852. The molecule has 1 amide bonds. The lowest BCUT2D eigenvalue weighted by Gasteiger charge is -2.29. The molecule has 0 aromatic heterocycles. The highest BCUT2D eigenvalue weighted by molar-refractivity contribution is 7.99. The van der Waals surface area contributed by atoms with E-state index in [9.17, 15) is 4.79 Å². The van der Waals surface area contributed by atoms with Crippen LogP contribution in [-0.2, 0) is 4.79 Å². The van der Waals surface area contributed by atoms with Gasteiger partial charge in [-0.15, -0.1) is 0 Å². The Hall–Kier alpha value is -0.220. The topological polar surface area (TPSA) is 32.3 Å². The second-order valence-electron chi connectivity index (χ2n) is 5.79. The number of hydrogen-bond donors (Lipinski definition) is 1. The first-order chi connectivity index (χ1) is 8.63. The number of carbonyl (C=O) groups is 1. The van der Waals surface area contributed by atoms with Crippen molar-refractivity contribution in [1.29, 1.82) is 0 Å². The lowest BCUT2D eigenvalue weighted by molar-refractivity contribution is -0.130. The Morgan fingerprint density at radius 1 is 1.44 bits per heavy atom. The molecule has 0 spiro atoms. The monoisotopic (exact) mass is 270 g/mol. The maximum atomic E-state index is 12.4. The van der Waals surface area contributed by atoms with Gasteiger partial charge >= 0.3 is 0 Å². The van der Waals surface area contributed by atoms with Gasteiger partial charge in [0.2, 0.25) is 5.91 Å². The van der Waals surface area contributed by atoms with Gasteiger partial charge in [-0.05, 0) is 30.9 Å². The van der Waals surface area contributed by atoms with Crippen LogP contribution in [0, 0.1) is 5.92 Å². The summed E-state index contributed by atoms with van der Waals surface area (Å²) in [5, 5.41) is 4.15. The van der Waals surface area contributed by atoms with Crippen LogP contribution in [0.15, 0.2) is 0 Å². The van der Waals surface area contributed by atoms with Gasteiger partial charge in [-0.2, -0.15) is 11.8 Å². The van der Waals surface area contributed by atoms with Crippen LogP contribution in [0.4, 0.5) is 0 Å². The predicted octanol–water partition coefficient (Wildman–Crippen LogP) is 2.46. The summed E-state index contributed by atoms with van der Waals surface area (Å²) in [5.41, 5.74) is 0. The van der Waals surface area contributed by atoms with E-state index < -0.39 is 0 Å². The molecule has 3 atom stereocenters. The molecule has 0 aromatic rings. The van der Waals surface area contributed by atoms with Crippen LogP contribution >= 0.6 is 11.8 Å². The van der Waals surface area contributed by atoms with Crippen molar-refractivity contribution in [2.75, 3.05) is 12.3 Å². The van der Waals surface area contributed by atoms with E-state index in [-0.39, 0.29) is 12.2 Å². The van der Waals surface area contributed by atoms with Crippen LogP contribution in [0.5, 0.6) is 0 Å². The summed E-state index contributed by atoms with van der Waals surface area (Å²) < 4.78 is 0. The minimum Gasteiger partial charge on any atom is -0.325 e. The number of hydrogen-bond acceptors (Lipinski definition) is 3. The normalized spacial score (nSPS) is 33.4. The minimum absolute atomic E-state index is 0.0311. The van der Waals surface area contributed by atoms with Gasteiger partial charge in [0.05, 0.1) is 12.2 Å². The SMILES string of the molecule is CCC1NC(C(C)C)C(=O)N1CC1CCCCS1. The molecule has 0 radical (unpaired) electrons. The zero-order valence-corrected chi connectivity index (χ0v) is 12.6. The number of amides is 1. The van der Waals surface area contributed by atoms with E-state index >= 15 is 0 Å². The first-order valence-corrected chi connectivity index (χ1v) is 8.36. The molecule has 0 bridgehead atoms. The Morgan fingerprint density at radius 2 is 2.22 bits per heavy atom. The minimum atomic E-state index is 0.0311. The first kappa shape index (κ1) is 14.2. The van der Waals surface area contributed by atoms with E-state index in [4.69, 9.17) is 0 Å². The Balaban J connectivity index is 1.98. The fraction of sp³-hybridized carbons (Fsp3) is 0.929. The van der Waals surface area contributed by atoms with Gasteiger partial charge < -0.3 is 4.90 Å². The smallest absolute Gasteiger partial charge is 0.241 e. The van der Waals surface area contributed by atoms with Gasteiger partial charge in [0.1, 0.15) is 0 Å². The summed E-state index contributed by atoms with van der Waals surface area (Å²) in [4.78, 5) is 14.5. The van der Waals surface area contributed by atoms with Crippen molar-refractivity contribution >= 4 is 17.7 Å². The lowest BCUT2D eigenvalue weighted by Crippen LogP contribution is -2.41. The number of rotatable bonds is 4. The summed E-state index contributed by atoms with van der Waals surface area (Å²) in [6, 6.07) is 0.0311. The van der Waals surface area contributed by atoms with Crippen LogP contribution in [0.1, 0.15) is 46.5 Å². The predicted molar refractivity (Wildman–Crippen MR) is 77.7 cm³/mol. The molecule has 2 aliphatic heterocycles. The molecule has 1 N–H and O–H groups in total. The average Bonchev–Trinajstić information content (AvgIpc) is 2.68. The summed E-state index contributed by atoms with van der Waals surface area (Å²) >= 11 is 2.05. The Kier molecular flexibility index (Phi) is 4.96. The molecule has 4 heteroatoms. The highest BCUT2D eigenvalue weighted by atomic mass is 32.2. The van der Waals surface area contributed by atoms with Crippen molar-refractivity contribution in [2.24, 2.45) is 5.92 Å². The van der Waals surface area contributed by atoms with E-state index in [0.29, 0.717) is 17.1 Å². The first-order valence-electron chi connectivity index (χ1n) is 7.31. The number of nitrogens with zero attached hydrogens (tertiary/aromatic N) is 1. The summed E-state index contributed by atoms with van der Waals surface area (Å²) in [6.45, 7) is 7.36. The molecule has 0 saturated carbocycles. The fourth-order valence-electron chi connectivity index (χ4n) is 2.90. The Labute approximate surface area is 115 Å². The van der Waals surface area contributed by atoms with E-state index in [1.165, 1.54) is 25.0 Å². The van der Waals surface area contributed by atoms with E-state index in [0.717, 1.165) is 13.0 Å². The maximum Gasteiger partial charge on any atom is 0.241 e. The van der Waals surface area contributed by atoms with Crippen LogP contribution in [0.25, 0.3) is 0 Å².